The van der Waals surface area contributed by atoms with E-state index in [0.29, 0.717) is 0 Å². The van der Waals surface area contributed by atoms with Gasteiger partial charge in [0.05, 0.1) is 0 Å². The van der Waals surface area contributed by atoms with Gasteiger partial charge in [-0.25, -0.2) is 0 Å². The summed E-state index contributed by atoms with van der Waals surface area (Å²) in [5.41, 5.74) is 0. The fraction of sp³-hybridized carbons (Fsp3) is 0.867. The van der Waals surface area contributed by atoms with E-state index < -0.39 is 0 Å². The summed E-state index contributed by atoms with van der Waals surface area (Å²) in [7, 11) is 0. The second-order valence-corrected chi connectivity index (χ2v) is 4.65. The van der Waals surface area contributed by atoms with Gasteiger partial charge in [-0.05, 0) is 25.7 Å². The van der Waals surface area contributed by atoms with Crippen molar-refractivity contribution in [3.05, 3.63) is 12.2 Å². The van der Waals surface area contributed by atoms with E-state index in [1.165, 1.54) is 57.8 Å². The van der Waals surface area contributed by atoms with Crippen LogP contribution in [0.2, 0.25) is 0 Å². The fourth-order valence-corrected chi connectivity index (χ4v) is 1.97. The molecular formula is C15H30. The Morgan fingerprint density at radius 1 is 1.00 bits per heavy atom. The van der Waals surface area contributed by atoms with Crippen molar-refractivity contribution in [3.8, 4) is 0 Å². The van der Waals surface area contributed by atoms with Crippen LogP contribution in [-0.2, 0) is 0 Å². The van der Waals surface area contributed by atoms with E-state index in [0.717, 1.165) is 5.92 Å². The van der Waals surface area contributed by atoms with Crippen molar-refractivity contribution in [2.75, 3.05) is 0 Å². The molecule has 0 bridgehead atoms. The third-order valence-corrected chi connectivity index (χ3v) is 3.20. The monoisotopic (exact) mass is 210 g/mol. The molecule has 0 N–H and O–H groups in total. The third-order valence-electron chi connectivity index (χ3n) is 3.20. The molecule has 1 fully saturated rings. The Balaban J connectivity index is 0.000000423. The van der Waals surface area contributed by atoms with Crippen molar-refractivity contribution in [2.45, 2.75) is 78.6 Å². The summed E-state index contributed by atoms with van der Waals surface area (Å²) in [6.45, 7) is 6.47. The lowest BCUT2D eigenvalue weighted by Crippen LogP contribution is -2.05. The van der Waals surface area contributed by atoms with Crippen molar-refractivity contribution in [2.24, 2.45) is 5.92 Å². The molecule has 0 aromatic heterocycles. The summed E-state index contributed by atoms with van der Waals surface area (Å²) in [6, 6.07) is 0. The Kier molecular flexibility index (Phi) is 11.6. The van der Waals surface area contributed by atoms with Crippen LogP contribution >= 0.6 is 0 Å². The minimum Gasteiger partial charge on any atom is -0.0917 e. The summed E-state index contributed by atoms with van der Waals surface area (Å²) >= 11 is 0. The molecule has 0 aromatic carbocycles. The van der Waals surface area contributed by atoms with E-state index >= 15 is 0 Å². The highest BCUT2D eigenvalue weighted by atomic mass is 14.2. The first kappa shape index (κ1) is 14.7. The maximum Gasteiger partial charge on any atom is -0.0348 e. The molecule has 0 heteroatoms. The van der Waals surface area contributed by atoms with Crippen LogP contribution in [0.1, 0.15) is 78.6 Å². The SMILES string of the molecule is C/C=C\CCC1CCCCC1.CCCC. The summed E-state index contributed by atoms with van der Waals surface area (Å²) in [6.07, 6.45) is 17.3. The Labute approximate surface area is 97.2 Å². The average Bonchev–Trinajstić information content (AvgIpc) is 2.31. The second-order valence-electron chi connectivity index (χ2n) is 4.65. The highest BCUT2D eigenvalue weighted by Gasteiger charge is 2.11. The zero-order valence-electron chi connectivity index (χ0n) is 11.1. The molecule has 0 radical (unpaired) electrons. The molecule has 90 valence electrons. The highest BCUT2D eigenvalue weighted by Crippen LogP contribution is 2.27. The first-order valence-electron chi connectivity index (χ1n) is 6.96. The third kappa shape index (κ3) is 10.0. The minimum absolute atomic E-state index is 1.06. The van der Waals surface area contributed by atoms with Crippen LogP contribution in [0.4, 0.5) is 0 Å². The van der Waals surface area contributed by atoms with E-state index in [-0.39, 0.29) is 0 Å². The summed E-state index contributed by atoms with van der Waals surface area (Å²) in [4.78, 5) is 0. The lowest BCUT2D eigenvalue weighted by Gasteiger charge is -2.20. The molecule has 1 aliphatic carbocycles. The molecule has 0 nitrogen and oxygen atoms in total. The molecule has 0 aliphatic heterocycles. The van der Waals surface area contributed by atoms with Gasteiger partial charge in [-0.2, -0.15) is 0 Å². The molecule has 1 saturated carbocycles. The maximum absolute atomic E-state index is 2.30. The van der Waals surface area contributed by atoms with Crippen LogP contribution in [0, 0.1) is 5.92 Å². The van der Waals surface area contributed by atoms with Gasteiger partial charge in [0.1, 0.15) is 0 Å². The van der Waals surface area contributed by atoms with E-state index in [1.807, 2.05) is 0 Å². The van der Waals surface area contributed by atoms with Gasteiger partial charge in [0.25, 0.3) is 0 Å². The number of rotatable bonds is 4. The number of hydrogen-bond acceptors (Lipinski definition) is 0. The molecule has 0 aromatic rings. The van der Waals surface area contributed by atoms with Crippen LogP contribution in [0.5, 0.6) is 0 Å². The molecule has 0 heterocycles. The van der Waals surface area contributed by atoms with E-state index in [2.05, 4.69) is 32.9 Å². The van der Waals surface area contributed by atoms with Crippen molar-refractivity contribution < 1.29 is 0 Å². The number of hydrogen-bond donors (Lipinski definition) is 0. The van der Waals surface area contributed by atoms with Gasteiger partial charge in [0.15, 0.2) is 0 Å². The first-order valence-corrected chi connectivity index (χ1v) is 6.96. The van der Waals surface area contributed by atoms with Crippen LogP contribution in [0.25, 0.3) is 0 Å². The van der Waals surface area contributed by atoms with Crippen molar-refractivity contribution in [1.29, 1.82) is 0 Å². The molecule has 0 spiro atoms. The van der Waals surface area contributed by atoms with Crippen molar-refractivity contribution in [1.82, 2.24) is 0 Å². The van der Waals surface area contributed by atoms with Crippen LogP contribution < -0.4 is 0 Å². The zero-order valence-corrected chi connectivity index (χ0v) is 11.1. The summed E-state index contributed by atoms with van der Waals surface area (Å²) in [5.74, 6) is 1.06. The fourth-order valence-electron chi connectivity index (χ4n) is 1.97. The van der Waals surface area contributed by atoms with Crippen molar-refractivity contribution >= 4 is 0 Å². The minimum atomic E-state index is 1.06. The predicted molar refractivity (Wildman–Crippen MR) is 71.2 cm³/mol. The highest BCUT2D eigenvalue weighted by molar-refractivity contribution is 4.78. The van der Waals surface area contributed by atoms with Gasteiger partial charge >= 0.3 is 0 Å². The zero-order chi connectivity index (χ0) is 11.4. The normalized spacial score (nSPS) is 17.5. The number of allylic oxidation sites excluding steroid dienone is 2. The average molecular weight is 210 g/mol. The van der Waals surface area contributed by atoms with Gasteiger partial charge in [-0.15, -0.1) is 0 Å². The van der Waals surface area contributed by atoms with Crippen LogP contribution in [-0.4, -0.2) is 0 Å². The molecule has 0 unspecified atom stereocenters. The van der Waals surface area contributed by atoms with Crippen LogP contribution in [0.3, 0.4) is 0 Å². The van der Waals surface area contributed by atoms with E-state index in [1.54, 1.807) is 0 Å². The molecule has 1 aliphatic rings. The molecule has 0 saturated heterocycles. The predicted octanol–water partition coefficient (Wildman–Crippen LogP) is 5.73. The Morgan fingerprint density at radius 2 is 1.60 bits per heavy atom. The Bertz CT molecular complexity index is 127. The quantitative estimate of drug-likeness (QED) is 0.520. The molecule has 1 rings (SSSR count). The van der Waals surface area contributed by atoms with Gasteiger partial charge in [0, 0.05) is 0 Å². The second kappa shape index (κ2) is 11.8. The summed E-state index contributed by atoms with van der Waals surface area (Å²) in [5, 5.41) is 0. The molecular weight excluding hydrogens is 180 g/mol. The number of unbranched alkanes of at least 4 members (excludes halogenated alkanes) is 1. The lowest BCUT2D eigenvalue weighted by molar-refractivity contribution is 0.341. The van der Waals surface area contributed by atoms with Crippen LogP contribution in [0.15, 0.2) is 12.2 Å². The van der Waals surface area contributed by atoms with Gasteiger partial charge in [-0.1, -0.05) is 70.9 Å². The largest absolute Gasteiger partial charge is 0.0917 e. The van der Waals surface area contributed by atoms with E-state index in [4.69, 9.17) is 0 Å². The van der Waals surface area contributed by atoms with E-state index in [9.17, 15) is 0 Å². The Morgan fingerprint density at radius 3 is 2.07 bits per heavy atom. The smallest absolute Gasteiger partial charge is 0.0348 e. The van der Waals surface area contributed by atoms with Gasteiger partial charge in [0.2, 0.25) is 0 Å². The lowest BCUT2D eigenvalue weighted by atomic mass is 9.86. The van der Waals surface area contributed by atoms with Gasteiger partial charge < -0.3 is 0 Å². The molecule has 15 heavy (non-hydrogen) atoms. The topological polar surface area (TPSA) is 0 Å². The Hall–Kier alpha value is -0.260. The first-order chi connectivity index (χ1) is 7.35. The molecule has 0 atom stereocenters. The molecule has 0 amide bonds. The summed E-state index contributed by atoms with van der Waals surface area (Å²) < 4.78 is 0. The maximum atomic E-state index is 2.30. The standard InChI is InChI=1S/C11H20.C4H10/c1-2-3-5-8-11-9-6-4-7-10-11;1-3-4-2/h2-3,11H,4-10H2,1H3;3-4H2,1-2H3/b3-2-;. The van der Waals surface area contributed by atoms with Crippen molar-refractivity contribution in [3.63, 3.8) is 0 Å². The van der Waals surface area contributed by atoms with Gasteiger partial charge in [-0.3, -0.25) is 0 Å².